The summed E-state index contributed by atoms with van der Waals surface area (Å²) in [5, 5.41) is 5.59. The zero-order chi connectivity index (χ0) is 15.5. The molecule has 0 aromatic heterocycles. The molecule has 0 radical (unpaired) electrons. The number of benzene rings is 2. The van der Waals surface area contributed by atoms with Crippen molar-refractivity contribution in [2.75, 3.05) is 10.6 Å². The molecular formula is C17H20N2OS. The molecule has 0 spiro atoms. The first-order valence-electron chi connectivity index (χ1n) is 6.83. The van der Waals surface area contributed by atoms with Crippen LogP contribution in [0.3, 0.4) is 0 Å². The fraction of sp³-hybridized carbons (Fsp3) is 0.235. The number of amides is 2. The van der Waals surface area contributed by atoms with E-state index < -0.39 is 0 Å². The molecule has 0 saturated carbocycles. The quantitative estimate of drug-likeness (QED) is 0.677. The zero-order valence-electron chi connectivity index (χ0n) is 12.5. The van der Waals surface area contributed by atoms with Crippen LogP contribution in [-0.4, -0.2) is 6.03 Å². The molecule has 0 fully saturated rings. The summed E-state index contributed by atoms with van der Waals surface area (Å²) >= 11 is 4.30. The molecule has 0 aliphatic heterocycles. The molecule has 4 heteroatoms. The van der Waals surface area contributed by atoms with E-state index in [1.165, 1.54) is 5.56 Å². The van der Waals surface area contributed by atoms with E-state index >= 15 is 0 Å². The van der Waals surface area contributed by atoms with Gasteiger partial charge in [0.15, 0.2) is 0 Å². The molecule has 2 N–H and O–H groups in total. The Morgan fingerprint density at radius 3 is 2.14 bits per heavy atom. The van der Waals surface area contributed by atoms with Crippen LogP contribution in [0.5, 0.6) is 0 Å². The average Bonchev–Trinajstić information content (AvgIpc) is 2.41. The minimum Gasteiger partial charge on any atom is -0.308 e. The van der Waals surface area contributed by atoms with Crippen LogP contribution in [0.4, 0.5) is 16.2 Å². The molecule has 2 aromatic rings. The molecule has 0 saturated heterocycles. The largest absolute Gasteiger partial charge is 0.323 e. The molecule has 0 atom stereocenters. The predicted molar refractivity (Wildman–Crippen MR) is 91.5 cm³/mol. The lowest BCUT2D eigenvalue weighted by Crippen LogP contribution is -2.20. The molecule has 3 nitrogen and oxygen atoms in total. The van der Waals surface area contributed by atoms with Crippen LogP contribution in [0, 0.1) is 0 Å². The Labute approximate surface area is 131 Å². The van der Waals surface area contributed by atoms with E-state index in [0.29, 0.717) is 5.69 Å². The first-order chi connectivity index (χ1) is 9.86. The molecule has 0 heterocycles. The highest BCUT2D eigenvalue weighted by Crippen LogP contribution is 2.24. The zero-order valence-corrected chi connectivity index (χ0v) is 13.4. The Morgan fingerprint density at radius 1 is 0.952 bits per heavy atom. The topological polar surface area (TPSA) is 41.1 Å². The minimum atomic E-state index is -0.278. The van der Waals surface area contributed by atoms with Crippen molar-refractivity contribution in [1.29, 1.82) is 0 Å². The third-order valence-corrected chi connectivity index (χ3v) is 3.55. The van der Waals surface area contributed by atoms with Gasteiger partial charge in [0.2, 0.25) is 0 Å². The van der Waals surface area contributed by atoms with Crippen molar-refractivity contribution in [3.05, 3.63) is 54.1 Å². The molecule has 0 unspecified atom stereocenters. The Bertz CT molecular complexity index is 630. The Morgan fingerprint density at radius 2 is 1.57 bits per heavy atom. The van der Waals surface area contributed by atoms with Gasteiger partial charge in [-0.15, -0.1) is 12.6 Å². The number of rotatable bonds is 2. The van der Waals surface area contributed by atoms with E-state index in [1.807, 2.05) is 48.5 Å². The van der Waals surface area contributed by atoms with Crippen LogP contribution in [0.25, 0.3) is 0 Å². The van der Waals surface area contributed by atoms with Gasteiger partial charge in [-0.1, -0.05) is 45.0 Å². The minimum absolute atomic E-state index is 0.103. The molecule has 2 amide bonds. The van der Waals surface area contributed by atoms with Crippen LogP contribution in [0.1, 0.15) is 26.3 Å². The maximum atomic E-state index is 12.0. The van der Waals surface area contributed by atoms with Gasteiger partial charge >= 0.3 is 6.03 Å². The van der Waals surface area contributed by atoms with Gasteiger partial charge in [0.25, 0.3) is 0 Å². The SMILES string of the molecule is CC(C)(C)c1ccc(NC(=O)Nc2ccccc2S)cc1. The average molecular weight is 300 g/mol. The van der Waals surface area contributed by atoms with Gasteiger partial charge in [0.1, 0.15) is 0 Å². The van der Waals surface area contributed by atoms with Crippen molar-refractivity contribution in [2.45, 2.75) is 31.1 Å². The third kappa shape index (κ3) is 4.26. The van der Waals surface area contributed by atoms with Gasteiger partial charge in [0, 0.05) is 10.6 Å². The second-order valence-corrected chi connectivity index (χ2v) is 6.41. The van der Waals surface area contributed by atoms with Crippen molar-refractivity contribution in [2.24, 2.45) is 0 Å². The van der Waals surface area contributed by atoms with Gasteiger partial charge < -0.3 is 10.6 Å². The van der Waals surface area contributed by atoms with E-state index in [1.54, 1.807) is 0 Å². The molecule has 2 aromatic carbocycles. The van der Waals surface area contributed by atoms with Gasteiger partial charge in [-0.05, 0) is 35.2 Å². The molecule has 0 aliphatic rings. The van der Waals surface area contributed by atoms with Crippen molar-refractivity contribution < 1.29 is 4.79 Å². The van der Waals surface area contributed by atoms with Gasteiger partial charge in [-0.3, -0.25) is 0 Å². The van der Waals surface area contributed by atoms with E-state index in [9.17, 15) is 4.79 Å². The molecule has 0 aliphatic carbocycles. The predicted octanol–water partition coefficient (Wildman–Crippen LogP) is 4.92. The fourth-order valence-corrected chi connectivity index (χ4v) is 2.13. The van der Waals surface area contributed by atoms with E-state index in [2.05, 4.69) is 44.0 Å². The van der Waals surface area contributed by atoms with E-state index in [0.717, 1.165) is 10.6 Å². The van der Waals surface area contributed by atoms with Crippen molar-refractivity contribution in [1.82, 2.24) is 0 Å². The number of thiol groups is 1. The summed E-state index contributed by atoms with van der Waals surface area (Å²) in [5.41, 5.74) is 2.78. The van der Waals surface area contributed by atoms with Crippen LogP contribution in [0.15, 0.2) is 53.4 Å². The van der Waals surface area contributed by atoms with Crippen molar-refractivity contribution >= 4 is 30.0 Å². The monoisotopic (exact) mass is 300 g/mol. The lowest BCUT2D eigenvalue weighted by Gasteiger charge is -2.19. The number of carbonyl (C=O) groups excluding carboxylic acids is 1. The number of anilines is 2. The lowest BCUT2D eigenvalue weighted by atomic mass is 9.87. The Balaban J connectivity index is 2.02. The summed E-state index contributed by atoms with van der Waals surface area (Å²) in [5.74, 6) is 0. The number of hydrogen-bond acceptors (Lipinski definition) is 2. The van der Waals surface area contributed by atoms with Crippen LogP contribution < -0.4 is 10.6 Å². The third-order valence-electron chi connectivity index (χ3n) is 3.16. The normalized spacial score (nSPS) is 11.0. The van der Waals surface area contributed by atoms with Gasteiger partial charge in [0.05, 0.1) is 5.69 Å². The number of carbonyl (C=O) groups is 1. The fourth-order valence-electron chi connectivity index (χ4n) is 1.92. The number of para-hydroxylation sites is 1. The van der Waals surface area contributed by atoms with Gasteiger partial charge in [-0.2, -0.15) is 0 Å². The maximum absolute atomic E-state index is 12.0. The highest BCUT2D eigenvalue weighted by molar-refractivity contribution is 7.80. The summed E-state index contributed by atoms with van der Waals surface area (Å²) in [7, 11) is 0. The van der Waals surface area contributed by atoms with Crippen molar-refractivity contribution in [3.63, 3.8) is 0 Å². The first-order valence-corrected chi connectivity index (χ1v) is 7.27. The Kier molecular flexibility index (Phi) is 4.58. The summed E-state index contributed by atoms with van der Waals surface area (Å²) in [6.45, 7) is 6.48. The maximum Gasteiger partial charge on any atom is 0.323 e. The second-order valence-electron chi connectivity index (χ2n) is 5.92. The number of urea groups is 1. The summed E-state index contributed by atoms with van der Waals surface area (Å²) in [6, 6.07) is 15.0. The molecule has 2 rings (SSSR count). The van der Waals surface area contributed by atoms with E-state index in [4.69, 9.17) is 0 Å². The van der Waals surface area contributed by atoms with Crippen molar-refractivity contribution in [3.8, 4) is 0 Å². The molecule has 21 heavy (non-hydrogen) atoms. The highest BCUT2D eigenvalue weighted by Gasteiger charge is 2.13. The summed E-state index contributed by atoms with van der Waals surface area (Å²) < 4.78 is 0. The second kappa shape index (κ2) is 6.22. The molecule has 0 bridgehead atoms. The smallest absolute Gasteiger partial charge is 0.308 e. The summed E-state index contributed by atoms with van der Waals surface area (Å²) in [6.07, 6.45) is 0. The highest BCUT2D eigenvalue weighted by atomic mass is 32.1. The molecule has 110 valence electrons. The lowest BCUT2D eigenvalue weighted by molar-refractivity contribution is 0.262. The number of nitrogens with one attached hydrogen (secondary N) is 2. The van der Waals surface area contributed by atoms with Crippen LogP contribution >= 0.6 is 12.6 Å². The first kappa shape index (κ1) is 15.4. The summed E-state index contributed by atoms with van der Waals surface area (Å²) in [4.78, 5) is 12.7. The van der Waals surface area contributed by atoms with Gasteiger partial charge in [-0.25, -0.2) is 4.79 Å². The molecular weight excluding hydrogens is 280 g/mol. The van der Waals surface area contributed by atoms with E-state index in [-0.39, 0.29) is 11.4 Å². The van der Waals surface area contributed by atoms with Crippen LogP contribution in [-0.2, 0) is 5.41 Å². The standard InChI is InChI=1S/C17H20N2OS/c1-17(2,3)12-8-10-13(11-9-12)18-16(20)19-14-6-4-5-7-15(14)21/h4-11,21H,1-3H3,(H2,18,19,20). The number of hydrogen-bond donors (Lipinski definition) is 3. The Hall–Kier alpha value is -1.94. The van der Waals surface area contributed by atoms with Crippen LogP contribution in [0.2, 0.25) is 0 Å².